The Morgan fingerprint density at radius 2 is 1.50 bits per heavy atom. The molecule has 0 radical (unpaired) electrons. The first-order valence-electron chi connectivity index (χ1n) is 12.1. The molecule has 0 bridgehead atoms. The van der Waals surface area contributed by atoms with Crippen LogP contribution in [-0.4, -0.2) is 40.8 Å². The van der Waals surface area contributed by atoms with Gasteiger partial charge in [0.15, 0.2) is 5.69 Å². The Morgan fingerprint density at radius 1 is 0.974 bits per heavy atom. The van der Waals surface area contributed by atoms with Gasteiger partial charge in [-0.05, 0) is 88.1 Å². The lowest BCUT2D eigenvalue weighted by atomic mass is 10.00. The zero-order valence-corrected chi connectivity index (χ0v) is 22.9. The van der Waals surface area contributed by atoms with Gasteiger partial charge in [-0.2, -0.15) is 4.37 Å². The minimum Gasteiger partial charge on any atom is -0.494 e. The van der Waals surface area contributed by atoms with Crippen molar-refractivity contribution in [2.75, 3.05) is 23.8 Å². The molecule has 1 aromatic heterocycles. The lowest BCUT2D eigenvalue weighted by Crippen LogP contribution is -2.49. The topological polar surface area (TPSA) is 150 Å². The SMILES string of the molecule is CCOc1ccc([C@H](C(=O)NC(C)(C)C)N(C(=O)c2snc(C(N)=O)c2N)c2ccc(OCC)cc2)cc1. The number of ether oxygens (including phenoxy) is 2. The lowest BCUT2D eigenvalue weighted by Gasteiger charge is -2.33. The van der Waals surface area contributed by atoms with Crippen molar-refractivity contribution in [3.8, 4) is 11.5 Å². The van der Waals surface area contributed by atoms with E-state index in [1.165, 1.54) is 4.90 Å². The second-order valence-corrected chi connectivity index (χ2v) is 10.2. The molecule has 0 saturated carbocycles. The maximum Gasteiger partial charge on any atom is 0.273 e. The molecule has 10 nitrogen and oxygen atoms in total. The van der Waals surface area contributed by atoms with E-state index in [-0.39, 0.29) is 16.3 Å². The van der Waals surface area contributed by atoms with Crippen LogP contribution in [0.5, 0.6) is 11.5 Å². The third-order valence-electron chi connectivity index (χ3n) is 5.31. The smallest absolute Gasteiger partial charge is 0.273 e. The summed E-state index contributed by atoms with van der Waals surface area (Å²) in [5.41, 5.74) is 11.5. The highest BCUT2D eigenvalue weighted by atomic mass is 32.1. The van der Waals surface area contributed by atoms with Gasteiger partial charge in [-0.15, -0.1) is 0 Å². The van der Waals surface area contributed by atoms with E-state index in [0.717, 1.165) is 11.5 Å². The fraction of sp³-hybridized carbons (Fsp3) is 0.333. The molecule has 3 aromatic rings. The summed E-state index contributed by atoms with van der Waals surface area (Å²) < 4.78 is 15.1. The maximum absolute atomic E-state index is 14.1. The van der Waals surface area contributed by atoms with Crippen LogP contribution in [-0.2, 0) is 4.79 Å². The predicted molar refractivity (Wildman–Crippen MR) is 148 cm³/mol. The van der Waals surface area contributed by atoms with E-state index in [9.17, 15) is 14.4 Å². The van der Waals surface area contributed by atoms with Crippen molar-refractivity contribution in [2.24, 2.45) is 5.73 Å². The number of carbonyl (C=O) groups excluding carboxylic acids is 3. The van der Waals surface area contributed by atoms with Gasteiger partial charge in [-0.25, -0.2) is 0 Å². The van der Waals surface area contributed by atoms with Crippen LogP contribution in [0.2, 0.25) is 0 Å². The number of carbonyl (C=O) groups is 3. The van der Waals surface area contributed by atoms with E-state index in [1.807, 2.05) is 34.6 Å². The zero-order chi connectivity index (χ0) is 28.0. The number of amides is 3. The molecule has 1 atom stereocenters. The monoisotopic (exact) mass is 539 g/mol. The molecule has 202 valence electrons. The zero-order valence-electron chi connectivity index (χ0n) is 22.1. The van der Waals surface area contributed by atoms with Crippen molar-refractivity contribution in [1.29, 1.82) is 0 Å². The molecule has 2 aromatic carbocycles. The van der Waals surface area contributed by atoms with Crippen molar-refractivity contribution in [2.45, 2.75) is 46.2 Å². The Labute approximate surface area is 226 Å². The van der Waals surface area contributed by atoms with Crippen LogP contribution in [0.15, 0.2) is 48.5 Å². The number of aromatic nitrogens is 1. The van der Waals surface area contributed by atoms with Crippen LogP contribution in [0.4, 0.5) is 11.4 Å². The Bertz CT molecular complexity index is 1280. The predicted octanol–water partition coefficient (Wildman–Crippen LogP) is 3.92. The molecule has 1 heterocycles. The maximum atomic E-state index is 14.1. The third kappa shape index (κ3) is 6.60. The Hall–Kier alpha value is -4.12. The van der Waals surface area contributed by atoms with Crippen LogP contribution < -0.4 is 31.2 Å². The molecule has 0 aliphatic carbocycles. The number of rotatable bonds is 10. The highest BCUT2D eigenvalue weighted by molar-refractivity contribution is 7.09. The molecule has 38 heavy (non-hydrogen) atoms. The molecule has 0 aliphatic heterocycles. The van der Waals surface area contributed by atoms with E-state index in [4.69, 9.17) is 20.9 Å². The highest BCUT2D eigenvalue weighted by Gasteiger charge is 2.37. The summed E-state index contributed by atoms with van der Waals surface area (Å²) in [5.74, 6) is -0.641. The van der Waals surface area contributed by atoms with Gasteiger partial charge < -0.3 is 26.3 Å². The van der Waals surface area contributed by atoms with E-state index < -0.39 is 29.3 Å². The summed E-state index contributed by atoms with van der Waals surface area (Å²) in [7, 11) is 0. The number of nitrogen functional groups attached to an aromatic ring is 1. The summed E-state index contributed by atoms with van der Waals surface area (Å²) >= 11 is 0.750. The lowest BCUT2D eigenvalue weighted by molar-refractivity contribution is -0.123. The van der Waals surface area contributed by atoms with E-state index in [2.05, 4.69) is 9.69 Å². The fourth-order valence-corrected chi connectivity index (χ4v) is 4.50. The number of anilines is 2. The van der Waals surface area contributed by atoms with Crippen LogP contribution in [0.3, 0.4) is 0 Å². The molecule has 0 fully saturated rings. The van der Waals surface area contributed by atoms with Gasteiger partial charge in [0.25, 0.3) is 11.8 Å². The van der Waals surface area contributed by atoms with Crippen LogP contribution in [0.25, 0.3) is 0 Å². The number of hydrogen-bond acceptors (Lipinski definition) is 8. The van der Waals surface area contributed by atoms with Crippen molar-refractivity contribution in [3.05, 3.63) is 64.7 Å². The van der Waals surface area contributed by atoms with Gasteiger partial charge in [-0.3, -0.25) is 19.3 Å². The van der Waals surface area contributed by atoms with Gasteiger partial charge in [0.2, 0.25) is 5.91 Å². The fourth-order valence-electron chi connectivity index (χ4n) is 3.76. The molecule has 3 rings (SSSR count). The Kier molecular flexibility index (Phi) is 8.95. The minimum atomic E-state index is -1.10. The quantitative estimate of drug-likeness (QED) is 0.353. The molecular weight excluding hydrogens is 506 g/mol. The molecule has 0 aliphatic rings. The summed E-state index contributed by atoms with van der Waals surface area (Å²) in [6, 6.07) is 12.6. The number of nitrogens with two attached hydrogens (primary N) is 2. The Morgan fingerprint density at radius 3 is 1.95 bits per heavy atom. The van der Waals surface area contributed by atoms with Crippen LogP contribution in [0, 0.1) is 0 Å². The average Bonchev–Trinajstić information content (AvgIpc) is 3.24. The number of nitrogens with one attached hydrogen (secondary N) is 1. The normalized spacial score (nSPS) is 11.9. The first kappa shape index (κ1) is 28.5. The Balaban J connectivity index is 2.21. The second kappa shape index (κ2) is 12.0. The molecule has 11 heteroatoms. The number of benzene rings is 2. The summed E-state index contributed by atoms with van der Waals surface area (Å²) in [5, 5.41) is 2.98. The number of nitrogens with zero attached hydrogens (tertiary/aromatic N) is 2. The van der Waals surface area contributed by atoms with Gasteiger partial charge in [0.1, 0.15) is 22.4 Å². The van der Waals surface area contributed by atoms with Gasteiger partial charge in [0.05, 0.1) is 18.9 Å². The first-order valence-corrected chi connectivity index (χ1v) is 12.9. The van der Waals surface area contributed by atoms with Crippen LogP contribution in [0.1, 0.15) is 66.4 Å². The highest BCUT2D eigenvalue weighted by Crippen LogP contribution is 2.34. The molecule has 3 amide bonds. The first-order chi connectivity index (χ1) is 18.0. The number of primary amides is 1. The summed E-state index contributed by atoms with van der Waals surface area (Å²) in [4.78, 5) is 41.0. The average molecular weight is 540 g/mol. The van der Waals surface area contributed by atoms with Gasteiger partial charge >= 0.3 is 0 Å². The molecule has 0 spiro atoms. The summed E-state index contributed by atoms with van der Waals surface area (Å²) in [6.07, 6.45) is 0. The minimum absolute atomic E-state index is 0.00724. The molecule has 0 unspecified atom stereocenters. The van der Waals surface area contributed by atoms with E-state index >= 15 is 0 Å². The van der Waals surface area contributed by atoms with Crippen molar-refractivity contribution in [3.63, 3.8) is 0 Å². The standard InChI is InChI=1S/C27H33N5O5S/c1-6-36-18-12-8-16(9-13-18)22(25(34)30-27(3,4)5)32(17-10-14-19(15-11-17)37-7-2)26(35)23-20(28)21(24(29)33)31-38-23/h8-15,22H,6-7,28H2,1-5H3,(H2,29,33)(H,30,34)/t22-/m1/s1. The van der Waals surface area contributed by atoms with Crippen molar-refractivity contribution in [1.82, 2.24) is 9.69 Å². The van der Waals surface area contributed by atoms with Gasteiger partial charge in [0, 0.05) is 11.2 Å². The van der Waals surface area contributed by atoms with E-state index in [0.29, 0.717) is 36.0 Å². The van der Waals surface area contributed by atoms with Crippen molar-refractivity contribution < 1.29 is 23.9 Å². The summed E-state index contributed by atoms with van der Waals surface area (Å²) in [6.45, 7) is 10.2. The van der Waals surface area contributed by atoms with Gasteiger partial charge in [-0.1, -0.05) is 12.1 Å². The second-order valence-electron chi connectivity index (χ2n) is 9.38. The van der Waals surface area contributed by atoms with Crippen molar-refractivity contribution >= 4 is 40.6 Å². The molecule has 5 N–H and O–H groups in total. The molecular formula is C27H33N5O5S. The van der Waals surface area contributed by atoms with E-state index in [1.54, 1.807) is 48.5 Å². The third-order valence-corrected chi connectivity index (χ3v) is 6.16. The number of hydrogen-bond donors (Lipinski definition) is 3. The molecule has 0 saturated heterocycles. The van der Waals surface area contributed by atoms with Crippen LogP contribution >= 0.6 is 11.5 Å². The largest absolute Gasteiger partial charge is 0.494 e.